The van der Waals surface area contributed by atoms with Crippen molar-refractivity contribution in [3.8, 4) is 12.1 Å². The van der Waals surface area contributed by atoms with E-state index in [1.165, 1.54) is 12.1 Å². The number of halogens is 1. The van der Waals surface area contributed by atoms with Gasteiger partial charge in [-0.2, -0.15) is 10.5 Å². The van der Waals surface area contributed by atoms with E-state index in [1.54, 1.807) is 30.3 Å². The quantitative estimate of drug-likeness (QED) is 0.917. The number of amides is 1. The van der Waals surface area contributed by atoms with Gasteiger partial charge in [0.25, 0.3) is 5.91 Å². The van der Waals surface area contributed by atoms with E-state index in [0.717, 1.165) is 0 Å². The summed E-state index contributed by atoms with van der Waals surface area (Å²) >= 11 is 5.97. The number of nitrogens with zero attached hydrogens (tertiary/aromatic N) is 2. The van der Waals surface area contributed by atoms with Crippen LogP contribution in [0.3, 0.4) is 0 Å². The SMILES string of the molecule is N#Cc1cccc(C(=O)Nc2cc(C#N)ccc2Cl)c1. The Morgan fingerprint density at radius 2 is 1.75 bits per heavy atom. The fraction of sp³-hybridized carbons (Fsp3) is 0. The van der Waals surface area contributed by atoms with Crippen molar-refractivity contribution in [2.75, 3.05) is 5.32 Å². The highest BCUT2D eigenvalue weighted by molar-refractivity contribution is 6.34. The monoisotopic (exact) mass is 281 g/mol. The predicted molar refractivity (Wildman–Crippen MR) is 75.3 cm³/mol. The van der Waals surface area contributed by atoms with Crippen LogP contribution in [0.4, 0.5) is 5.69 Å². The number of carbonyl (C=O) groups is 1. The summed E-state index contributed by atoms with van der Waals surface area (Å²) < 4.78 is 0. The molecule has 0 aliphatic carbocycles. The lowest BCUT2D eigenvalue weighted by Gasteiger charge is -2.07. The summed E-state index contributed by atoms with van der Waals surface area (Å²) in [6.45, 7) is 0. The molecule has 2 aromatic carbocycles. The standard InChI is InChI=1S/C15H8ClN3O/c16-13-5-4-11(9-18)7-14(13)19-15(20)12-3-1-2-10(6-12)8-17/h1-7H,(H,19,20). The van der Waals surface area contributed by atoms with Crippen LogP contribution in [0.2, 0.25) is 5.02 Å². The normalized spacial score (nSPS) is 9.35. The van der Waals surface area contributed by atoms with Crippen LogP contribution in [0.1, 0.15) is 21.5 Å². The maximum Gasteiger partial charge on any atom is 0.255 e. The summed E-state index contributed by atoms with van der Waals surface area (Å²) in [5.41, 5.74) is 1.51. The summed E-state index contributed by atoms with van der Waals surface area (Å²) in [6.07, 6.45) is 0. The third kappa shape index (κ3) is 2.95. The Morgan fingerprint density at radius 3 is 2.45 bits per heavy atom. The maximum absolute atomic E-state index is 12.1. The average Bonchev–Trinajstić information content (AvgIpc) is 2.49. The summed E-state index contributed by atoms with van der Waals surface area (Å²) in [6, 6.07) is 14.9. The Labute approximate surface area is 120 Å². The first kappa shape index (κ1) is 13.6. The van der Waals surface area contributed by atoms with Gasteiger partial charge in [0.1, 0.15) is 0 Å². The number of benzene rings is 2. The predicted octanol–water partition coefficient (Wildman–Crippen LogP) is 3.34. The zero-order chi connectivity index (χ0) is 14.5. The second-order valence-corrected chi connectivity index (χ2v) is 4.36. The number of nitrogens with one attached hydrogen (secondary N) is 1. The minimum absolute atomic E-state index is 0.341. The van der Waals surface area contributed by atoms with Crippen molar-refractivity contribution in [3.05, 3.63) is 64.2 Å². The van der Waals surface area contributed by atoms with Crippen molar-refractivity contribution >= 4 is 23.2 Å². The molecule has 2 rings (SSSR count). The summed E-state index contributed by atoms with van der Waals surface area (Å²) in [5, 5.41) is 20.6. The molecule has 0 aromatic heterocycles. The molecule has 0 aliphatic heterocycles. The zero-order valence-electron chi connectivity index (χ0n) is 10.2. The molecule has 0 saturated carbocycles. The van der Waals surface area contributed by atoms with E-state index in [4.69, 9.17) is 22.1 Å². The number of rotatable bonds is 2. The van der Waals surface area contributed by atoms with Gasteiger partial charge in [0, 0.05) is 5.56 Å². The van der Waals surface area contributed by atoms with Crippen molar-refractivity contribution in [1.29, 1.82) is 10.5 Å². The fourth-order valence-corrected chi connectivity index (χ4v) is 1.78. The molecule has 1 amide bonds. The molecule has 2 aromatic rings. The van der Waals surface area contributed by atoms with Gasteiger partial charge in [-0.15, -0.1) is 0 Å². The van der Waals surface area contributed by atoms with Gasteiger partial charge in [0.2, 0.25) is 0 Å². The lowest BCUT2D eigenvalue weighted by molar-refractivity contribution is 0.102. The second-order valence-electron chi connectivity index (χ2n) is 3.95. The van der Waals surface area contributed by atoms with E-state index >= 15 is 0 Å². The molecule has 0 spiro atoms. The van der Waals surface area contributed by atoms with Gasteiger partial charge in [-0.05, 0) is 36.4 Å². The fourth-order valence-electron chi connectivity index (χ4n) is 1.62. The number of hydrogen-bond acceptors (Lipinski definition) is 3. The molecule has 0 aliphatic rings. The van der Waals surface area contributed by atoms with Crippen molar-refractivity contribution in [3.63, 3.8) is 0 Å². The van der Waals surface area contributed by atoms with Crippen molar-refractivity contribution in [1.82, 2.24) is 0 Å². The van der Waals surface area contributed by atoms with Crippen LogP contribution in [0, 0.1) is 22.7 Å². The van der Waals surface area contributed by atoms with Gasteiger partial charge in [-0.25, -0.2) is 0 Å². The molecule has 0 unspecified atom stereocenters. The molecule has 20 heavy (non-hydrogen) atoms. The van der Waals surface area contributed by atoms with Crippen LogP contribution < -0.4 is 5.32 Å². The van der Waals surface area contributed by atoms with Crippen LogP contribution >= 0.6 is 11.6 Å². The molecule has 0 bridgehead atoms. The van der Waals surface area contributed by atoms with Crippen LogP contribution in [0.15, 0.2) is 42.5 Å². The molecule has 4 nitrogen and oxygen atoms in total. The topological polar surface area (TPSA) is 76.7 Å². The van der Waals surface area contributed by atoms with Crippen LogP contribution in [0.5, 0.6) is 0 Å². The van der Waals surface area contributed by atoms with Crippen molar-refractivity contribution < 1.29 is 4.79 Å². The Hall–Kier alpha value is -2.82. The molecule has 0 radical (unpaired) electrons. The highest BCUT2D eigenvalue weighted by Gasteiger charge is 2.09. The maximum atomic E-state index is 12.1. The summed E-state index contributed by atoms with van der Waals surface area (Å²) in [7, 11) is 0. The molecule has 0 heterocycles. The summed E-state index contributed by atoms with van der Waals surface area (Å²) in [4.78, 5) is 12.1. The summed E-state index contributed by atoms with van der Waals surface area (Å²) in [5.74, 6) is -0.390. The zero-order valence-corrected chi connectivity index (χ0v) is 11.0. The molecule has 0 saturated heterocycles. The van der Waals surface area contributed by atoms with E-state index in [-0.39, 0.29) is 5.91 Å². The van der Waals surface area contributed by atoms with E-state index in [0.29, 0.717) is 27.4 Å². The van der Waals surface area contributed by atoms with Crippen LogP contribution in [-0.4, -0.2) is 5.91 Å². The number of anilines is 1. The van der Waals surface area contributed by atoms with Gasteiger partial charge >= 0.3 is 0 Å². The van der Waals surface area contributed by atoms with Crippen LogP contribution in [0.25, 0.3) is 0 Å². The molecule has 0 atom stereocenters. The van der Waals surface area contributed by atoms with Gasteiger partial charge in [0.05, 0.1) is 34.0 Å². The first-order valence-corrected chi connectivity index (χ1v) is 6.03. The molecular weight excluding hydrogens is 274 g/mol. The van der Waals surface area contributed by atoms with E-state index in [2.05, 4.69) is 5.32 Å². The number of hydrogen-bond donors (Lipinski definition) is 1. The molecule has 1 N–H and O–H groups in total. The van der Waals surface area contributed by atoms with Crippen molar-refractivity contribution in [2.24, 2.45) is 0 Å². The minimum atomic E-state index is -0.390. The highest BCUT2D eigenvalue weighted by atomic mass is 35.5. The second kappa shape index (κ2) is 5.88. The minimum Gasteiger partial charge on any atom is -0.321 e. The van der Waals surface area contributed by atoms with Gasteiger partial charge in [-0.3, -0.25) is 4.79 Å². The number of carbonyl (C=O) groups excluding carboxylic acids is 1. The number of nitriles is 2. The average molecular weight is 282 g/mol. The molecular formula is C15H8ClN3O. The highest BCUT2D eigenvalue weighted by Crippen LogP contribution is 2.23. The largest absolute Gasteiger partial charge is 0.321 e. The first-order chi connectivity index (χ1) is 9.63. The molecule has 5 heteroatoms. The smallest absolute Gasteiger partial charge is 0.255 e. The third-order valence-electron chi connectivity index (χ3n) is 2.60. The Balaban J connectivity index is 2.28. The third-order valence-corrected chi connectivity index (χ3v) is 2.93. The lowest BCUT2D eigenvalue weighted by atomic mass is 10.1. The van der Waals surface area contributed by atoms with Gasteiger partial charge < -0.3 is 5.32 Å². The van der Waals surface area contributed by atoms with Crippen molar-refractivity contribution in [2.45, 2.75) is 0 Å². The van der Waals surface area contributed by atoms with E-state index in [1.807, 2.05) is 12.1 Å². The lowest BCUT2D eigenvalue weighted by Crippen LogP contribution is -2.12. The Bertz CT molecular complexity index is 756. The Morgan fingerprint density at radius 1 is 1.05 bits per heavy atom. The van der Waals surface area contributed by atoms with E-state index < -0.39 is 0 Å². The Kier molecular flexibility index (Phi) is 4.00. The van der Waals surface area contributed by atoms with E-state index in [9.17, 15) is 4.79 Å². The molecule has 0 fully saturated rings. The van der Waals surface area contributed by atoms with Gasteiger partial charge in [0.15, 0.2) is 0 Å². The van der Waals surface area contributed by atoms with Gasteiger partial charge in [-0.1, -0.05) is 17.7 Å². The van der Waals surface area contributed by atoms with Crippen LogP contribution in [-0.2, 0) is 0 Å². The first-order valence-electron chi connectivity index (χ1n) is 5.65. The molecule has 96 valence electrons.